The molecule has 0 aliphatic carbocycles. The predicted molar refractivity (Wildman–Crippen MR) is 52.9 cm³/mol. The third-order valence-corrected chi connectivity index (χ3v) is 2.25. The van der Waals surface area contributed by atoms with Gasteiger partial charge in [-0.2, -0.15) is 0 Å². The summed E-state index contributed by atoms with van der Waals surface area (Å²) in [6, 6.07) is 1.91. The summed E-state index contributed by atoms with van der Waals surface area (Å²) < 4.78 is 4.88. The SMILES string of the molecule is CC(C(=O)O)N(C)C(=O)c1ccc(Cl)o1. The van der Waals surface area contributed by atoms with Gasteiger partial charge in [0.15, 0.2) is 11.0 Å². The van der Waals surface area contributed by atoms with Crippen LogP contribution in [0.2, 0.25) is 5.22 Å². The van der Waals surface area contributed by atoms with Crippen LogP contribution in [0.5, 0.6) is 0 Å². The van der Waals surface area contributed by atoms with Crippen LogP contribution in [0.15, 0.2) is 16.5 Å². The number of carbonyl (C=O) groups excluding carboxylic acids is 1. The summed E-state index contributed by atoms with van der Waals surface area (Å²) in [4.78, 5) is 23.3. The number of hydrogen-bond donors (Lipinski definition) is 1. The minimum absolute atomic E-state index is 0.0237. The van der Waals surface area contributed by atoms with Crippen LogP contribution in [-0.4, -0.2) is 35.0 Å². The highest BCUT2D eigenvalue weighted by Gasteiger charge is 2.24. The Morgan fingerprint density at radius 2 is 2.13 bits per heavy atom. The van der Waals surface area contributed by atoms with E-state index in [1.807, 2.05) is 0 Å². The molecule has 0 saturated heterocycles. The normalized spacial score (nSPS) is 12.2. The number of amides is 1. The second-order valence-corrected chi connectivity index (χ2v) is 3.41. The Morgan fingerprint density at radius 1 is 1.53 bits per heavy atom. The maximum atomic E-state index is 11.6. The lowest BCUT2D eigenvalue weighted by Gasteiger charge is -2.19. The third kappa shape index (κ3) is 2.50. The van der Waals surface area contributed by atoms with Gasteiger partial charge in [-0.3, -0.25) is 4.79 Å². The van der Waals surface area contributed by atoms with E-state index in [-0.39, 0.29) is 11.0 Å². The molecule has 1 amide bonds. The first-order chi connectivity index (χ1) is 6.93. The Kier molecular flexibility index (Phi) is 3.36. The second kappa shape index (κ2) is 4.35. The van der Waals surface area contributed by atoms with Gasteiger partial charge >= 0.3 is 5.97 Å². The van der Waals surface area contributed by atoms with Gasteiger partial charge in [0, 0.05) is 7.05 Å². The lowest BCUT2D eigenvalue weighted by Crippen LogP contribution is -2.40. The van der Waals surface area contributed by atoms with Crippen molar-refractivity contribution in [2.45, 2.75) is 13.0 Å². The van der Waals surface area contributed by atoms with E-state index in [4.69, 9.17) is 21.1 Å². The number of nitrogens with zero attached hydrogens (tertiary/aromatic N) is 1. The van der Waals surface area contributed by atoms with Crippen molar-refractivity contribution in [3.63, 3.8) is 0 Å². The molecule has 1 atom stereocenters. The van der Waals surface area contributed by atoms with Crippen molar-refractivity contribution < 1.29 is 19.1 Å². The van der Waals surface area contributed by atoms with Crippen LogP contribution in [0.3, 0.4) is 0 Å². The monoisotopic (exact) mass is 231 g/mol. The average Bonchev–Trinajstić information content (AvgIpc) is 2.61. The molecule has 1 aromatic heterocycles. The fourth-order valence-electron chi connectivity index (χ4n) is 0.945. The van der Waals surface area contributed by atoms with E-state index in [0.29, 0.717) is 0 Å². The quantitative estimate of drug-likeness (QED) is 0.855. The lowest BCUT2D eigenvalue weighted by molar-refractivity contribution is -0.141. The number of halogens is 1. The van der Waals surface area contributed by atoms with Crippen molar-refractivity contribution in [2.75, 3.05) is 7.05 Å². The van der Waals surface area contributed by atoms with Gasteiger partial charge in [0.05, 0.1) is 0 Å². The maximum Gasteiger partial charge on any atom is 0.326 e. The van der Waals surface area contributed by atoms with Gasteiger partial charge in [0.25, 0.3) is 5.91 Å². The molecule has 5 nitrogen and oxygen atoms in total. The molecule has 0 aliphatic rings. The van der Waals surface area contributed by atoms with Gasteiger partial charge in [0.2, 0.25) is 0 Å². The van der Waals surface area contributed by atoms with Crippen molar-refractivity contribution in [3.05, 3.63) is 23.1 Å². The van der Waals surface area contributed by atoms with Crippen molar-refractivity contribution in [3.8, 4) is 0 Å². The molecule has 1 N–H and O–H groups in total. The van der Waals surface area contributed by atoms with Gasteiger partial charge in [0.1, 0.15) is 6.04 Å². The lowest BCUT2D eigenvalue weighted by atomic mass is 10.3. The fraction of sp³-hybridized carbons (Fsp3) is 0.333. The van der Waals surface area contributed by atoms with E-state index < -0.39 is 17.9 Å². The molecule has 0 radical (unpaired) electrons. The average molecular weight is 232 g/mol. The zero-order valence-electron chi connectivity index (χ0n) is 8.23. The minimum atomic E-state index is -1.08. The summed E-state index contributed by atoms with van der Waals surface area (Å²) in [6.45, 7) is 1.41. The van der Waals surface area contributed by atoms with Gasteiger partial charge in [-0.05, 0) is 30.7 Å². The first-order valence-corrected chi connectivity index (χ1v) is 4.56. The molecule has 0 aromatic carbocycles. The van der Waals surface area contributed by atoms with E-state index in [0.717, 1.165) is 4.90 Å². The van der Waals surface area contributed by atoms with Crippen LogP contribution in [0.25, 0.3) is 0 Å². The van der Waals surface area contributed by atoms with Crippen LogP contribution < -0.4 is 0 Å². The number of hydrogen-bond acceptors (Lipinski definition) is 3. The Hall–Kier alpha value is -1.49. The van der Waals surface area contributed by atoms with Crippen molar-refractivity contribution >= 4 is 23.5 Å². The Labute approximate surface area is 91.2 Å². The number of aliphatic carboxylic acids is 1. The number of carboxylic acid groups (broad SMARTS) is 1. The van der Waals surface area contributed by atoms with Crippen LogP contribution in [0.1, 0.15) is 17.5 Å². The second-order valence-electron chi connectivity index (χ2n) is 3.03. The van der Waals surface area contributed by atoms with Gasteiger partial charge in [-0.15, -0.1) is 0 Å². The van der Waals surface area contributed by atoms with Crippen molar-refractivity contribution in [1.29, 1.82) is 0 Å². The summed E-state index contributed by atoms with van der Waals surface area (Å²) in [5.41, 5.74) is 0. The zero-order chi connectivity index (χ0) is 11.6. The van der Waals surface area contributed by atoms with Crippen LogP contribution >= 0.6 is 11.6 Å². The molecule has 1 rings (SSSR count). The van der Waals surface area contributed by atoms with Crippen LogP contribution in [0, 0.1) is 0 Å². The van der Waals surface area contributed by atoms with E-state index in [9.17, 15) is 9.59 Å². The standard InChI is InChI=1S/C9H10ClNO4/c1-5(9(13)14)11(2)8(12)6-3-4-7(10)15-6/h3-5H,1-2H3,(H,13,14). The minimum Gasteiger partial charge on any atom is -0.480 e. The Morgan fingerprint density at radius 3 is 2.53 bits per heavy atom. The Bertz CT molecular complexity index is 387. The van der Waals surface area contributed by atoms with Crippen LogP contribution in [-0.2, 0) is 4.79 Å². The van der Waals surface area contributed by atoms with E-state index >= 15 is 0 Å². The van der Waals surface area contributed by atoms with Gasteiger partial charge in [-0.25, -0.2) is 4.79 Å². The first-order valence-electron chi connectivity index (χ1n) is 4.18. The predicted octanol–water partition coefficient (Wildman–Crippen LogP) is 1.48. The Balaban J connectivity index is 2.81. The molecular weight excluding hydrogens is 222 g/mol. The molecular formula is C9H10ClNO4. The molecule has 82 valence electrons. The topological polar surface area (TPSA) is 70.8 Å². The number of carboxylic acids is 1. The molecule has 0 spiro atoms. The number of rotatable bonds is 3. The molecule has 6 heteroatoms. The molecule has 15 heavy (non-hydrogen) atoms. The molecule has 1 unspecified atom stereocenters. The molecule has 1 aromatic rings. The van der Waals surface area contributed by atoms with E-state index in [1.54, 1.807) is 0 Å². The molecule has 0 saturated carbocycles. The smallest absolute Gasteiger partial charge is 0.326 e. The van der Waals surface area contributed by atoms with Crippen LogP contribution in [0.4, 0.5) is 0 Å². The van der Waals surface area contributed by atoms with E-state index in [2.05, 4.69) is 0 Å². The maximum absolute atomic E-state index is 11.6. The first kappa shape index (κ1) is 11.6. The van der Waals surface area contributed by atoms with Crippen molar-refractivity contribution in [2.24, 2.45) is 0 Å². The van der Waals surface area contributed by atoms with Gasteiger partial charge < -0.3 is 14.4 Å². The number of carbonyl (C=O) groups is 2. The summed E-state index contributed by atoms with van der Waals surface area (Å²) >= 11 is 5.50. The number of furan rings is 1. The summed E-state index contributed by atoms with van der Waals surface area (Å²) in [5, 5.41) is 8.80. The molecule has 0 fully saturated rings. The highest BCUT2D eigenvalue weighted by atomic mass is 35.5. The fourth-order valence-corrected chi connectivity index (χ4v) is 1.09. The molecule has 1 heterocycles. The third-order valence-electron chi connectivity index (χ3n) is 2.04. The van der Waals surface area contributed by atoms with E-state index in [1.165, 1.54) is 26.1 Å². The number of likely N-dealkylation sites (N-methyl/N-ethyl adjacent to an activating group) is 1. The highest BCUT2D eigenvalue weighted by molar-refractivity contribution is 6.29. The molecule has 0 bridgehead atoms. The van der Waals surface area contributed by atoms with Crippen molar-refractivity contribution in [1.82, 2.24) is 4.90 Å². The zero-order valence-corrected chi connectivity index (χ0v) is 8.99. The largest absolute Gasteiger partial charge is 0.480 e. The molecule has 0 aliphatic heterocycles. The van der Waals surface area contributed by atoms with Gasteiger partial charge in [-0.1, -0.05) is 0 Å². The highest BCUT2D eigenvalue weighted by Crippen LogP contribution is 2.15. The summed E-state index contributed by atoms with van der Waals surface area (Å²) in [7, 11) is 1.39. The summed E-state index contributed by atoms with van der Waals surface area (Å²) in [5.74, 6) is -1.57. The summed E-state index contributed by atoms with van der Waals surface area (Å²) in [6.07, 6.45) is 0.